The van der Waals surface area contributed by atoms with Crippen LogP contribution in [0.3, 0.4) is 0 Å². The Hall–Kier alpha value is -3.60. The third kappa shape index (κ3) is 4.50. The molecule has 5 rings (SSSR count). The van der Waals surface area contributed by atoms with Crippen molar-refractivity contribution in [2.24, 2.45) is 5.73 Å². The molecule has 0 spiro atoms. The molecule has 11 heteroatoms. The van der Waals surface area contributed by atoms with E-state index in [4.69, 9.17) is 21.8 Å². The van der Waals surface area contributed by atoms with Crippen molar-refractivity contribution in [2.75, 3.05) is 10.7 Å². The second-order valence-corrected chi connectivity index (χ2v) is 11.0. The normalized spacial score (nSPS) is 17.1. The molecule has 36 heavy (non-hydrogen) atoms. The summed E-state index contributed by atoms with van der Waals surface area (Å²) in [5.74, 6) is -2.13. The highest BCUT2D eigenvalue weighted by Gasteiger charge is 2.37. The van der Waals surface area contributed by atoms with E-state index in [0.29, 0.717) is 16.1 Å². The zero-order valence-corrected chi connectivity index (χ0v) is 20.6. The van der Waals surface area contributed by atoms with E-state index in [-0.39, 0.29) is 34.5 Å². The highest BCUT2D eigenvalue weighted by Crippen LogP contribution is 2.37. The summed E-state index contributed by atoms with van der Waals surface area (Å²) in [4.78, 5) is 14.1. The zero-order chi connectivity index (χ0) is 25.6. The monoisotopic (exact) mass is 526 g/mol. The van der Waals surface area contributed by atoms with Crippen molar-refractivity contribution in [1.82, 2.24) is 10.2 Å². The predicted molar refractivity (Wildman–Crippen MR) is 133 cm³/mol. The van der Waals surface area contributed by atoms with Crippen molar-refractivity contribution in [3.8, 4) is 22.9 Å². The SMILES string of the molecule is Cc1ccc(-c2nnc(-c3cc4c(cc3F)S(=O)(=O)C[C@H](N)C(=O)N4Cc3ccc(Cl)cc3)o2)cc1. The third-order valence-corrected chi connectivity index (χ3v) is 7.91. The number of amides is 1. The predicted octanol–water partition coefficient (Wildman–Crippen LogP) is 4.15. The molecule has 1 aliphatic heterocycles. The van der Waals surface area contributed by atoms with Crippen molar-refractivity contribution in [3.63, 3.8) is 0 Å². The molecule has 0 saturated carbocycles. The van der Waals surface area contributed by atoms with Crippen LogP contribution in [0.1, 0.15) is 11.1 Å². The number of benzene rings is 3. The fourth-order valence-electron chi connectivity index (χ4n) is 3.96. The van der Waals surface area contributed by atoms with Crippen LogP contribution in [-0.4, -0.2) is 36.3 Å². The van der Waals surface area contributed by atoms with Gasteiger partial charge < -0.3 is 15.1 Å². The van der Waals surface area contributed by atoms with Crippen LogP contribution in [-0.2, 0) is 21.2 Å². The number of hydrogen-bond acceptors (Lipinski definition) is 7. The fraction of sp³-hybridized carbons (Fsp3) is 0.160. The minimum absolute atomic E-state index is 0.00422. The van der Waals surface area contributed by atoms with Gasteiger partial charge in [0, 0.05) is 10.6 Å². The number of fused-ring (bicyclic) bond motifs is 1. The zero-order valence-electron chi connectivity index (χ0n) is 19.0. The molecule has 0 unspecified atom stereocenters. The molecule has 8 nitrogen and oxygen atoms in total. The summed E-state index contributed by atoms with van der Waals surface area (Å²) >= 11 is 5.97. The number of nitrogens with two attached hydrogens (primary N) is 1. The second kappa shape index (κ2) is 9.12. The molecule has 2 heterocycles. The number of carbonyl (C=O) groups excluding carboxylic acids is 1. The van der Waals surface area contributed by atoms with E-state index in [1.807, 2.05) is 19.1 Å². The maximum atomic E-state index is 15.3. The van der Waals surface area contributed by atoms with Gasteiger partial charge in [-0.1, -0.05) is 41.4 Å². The second-order valence-electron chi connectivity index (χ2n) is 8.52. The van der Waals surface area contributed by atoms with Crippen LogP contribution in [0.2, 0.25) is 5.02 Å². The van der Waals surface area contributed by atoms with E-state index >= 15 is 4.39 Å². The van der Waals surface area contributed by atoms with E-state index in [2.05, 4.69) is 10.2 Å². The van der Waals surface area contributed by atoms with Gasteiger partial charge in [-0.05, 0) is 48.9 Å². The van der Waals surface area contributed by atoms with E-state index in [1.165, 1.54) is 11.0 Å². The molecular formula is C25H20ClFN4O4S. The minimum Gasteiger partial charge on any atom is -0.416 e. The molecule has 0 bridgehead atoms. The lowest BCUT2D eigenvalue weighted by molar-refractivity contribution is -0.119. The number of anilines is 1. The number of carbonyl (C=O) groups is 1. The molecule has 184 valence electrons. The van der Waals surface area contributed by atoms with Crippen LogP contribution < -0.4 is 10.6 Å². The Morgan fingerprint density at radius 2 is 1.75 bits per heavy atom. The molecule has 1 aliphatic rings. The van der Waals surface area contributed by atoms with E-state index in [1.54, 1.807) is 36.4 Å². The molecule has 0 aliphatic carbocycles. The smallest absolute Gasteiger partial charge is 0.251 e. The molecule has 4 aromatic rings. The lowest BCUT2D eigenvalue weighted by Crippen LogP contribution is -2.45. The van der Waals surface area contributed by atoms with Crippen LogP contribution in [0.25, 0.3) is 22.9 Å². The van der Waals surface area contributed by atoms with Crippen molar-refractivity contribution >= 4 is 33.0 Å². The van der Waals surface area contributed by atoms with Crippen LogP contribution in [0.15, 0.2) is 70.0 Å². The number of sulfone groups is 1. The first-order chi connectivity index (χ1) is 17.1. The number of hydrogen-bond donors (Lipinski definition) is 1. The highest BCUT2D eigenvalue weighted by atomic mass is 35.5. The summed E-state index contributed by atoms with van der Waals surface area (Å²) < 4.78 is 47.0. The number of halogens is 2. The van der Waals surface area contributed by atoms with Gasteiger partial charge in [-0.15, -0.1) is 10.2 Å². The highest BCUT2D eigenvalue weighted by molar-refractivity contribution is 7.91. The maximum Gasteiger partial charge on any atom is 0.251 e. The summed E-state index contributed by atoms with van der Waals surface area (Å²) in [6.07, 6.45) is 0. The van der Waals surface area contributed by atoms with Crippen molar-refractivity contribution in [3.05, 3.63) is 82.6 Å². The Morgan fingerprint density at radius 3 is 2.44 bits per heavy atom. The Balaban J connectivity index is 1.63. The average molecular weight is 527 g/mol. The molecule has 2 N–H and O–H groups in total. The lowest BCUT2D eigenvalue weighted by atomic mass is 10.1. The number of aromatic nitrogens is 2. The van der Waals surface area contributed by atoms with E-state index in [0.717, 1.165) is 11.6 Å². The summed E-state index contributed by atoms with van der Waals surface area (Å²) in [7, 11) is -4.07. The quantitative estimate of drug-likeness (QED) is 0.424. The molecular weight excluding hydrogens is 507 g/mol. The minimum atomic E-state index is -4.07. The molecule has 1 atom stereocenters. The molecule has 0 saturated heterocycles. The van der Waals surface area contributed by atoms with E-state index < -0.39 is 33.4 Å². The van der Waals surface area contributed by atoms with Gasteiger partial charge >= 0.3 is 0 Å². The topological polar surface area (TPSA) is 119 Å². The Bertz CT molecular complexity index is 1570. The Morgan fingerprint density at radius 1 is 1.08 bits per heavy atom. The maximum absolute atomic E-state index is 15.3. The standard InChI is InChI=1S/C25H20ClFN4O4S/c1-14-2-6-16(7-3-14)23-29-30-24(35-23)18-10-21-22(11-19(18)27)36(33,34)13-20(28)25(32)31(21)12-15-4-8-17(26)9-5-15/h2-11,20H,12-13,28H2,1H3/t20-/m0/s1. The summed E-state index contributed by atoms with van der Waals surface area (Å²) in [5.41, 5.74) is 8.14. The molecule has 3 aromatic carbocycles. The van der Waals surface area contributed by atoms with Gasteiger partial charge in [-0.2, -0.15) is 0 Å². The first-order valence-electron chi connectivity index (χ1n) is 10.9. The van der Waals surface area contributed by atoms with Gasteiger partial charge in [-0.3, -0.25) is 4.79 Å². The summed E-state index contributed by atoms with van der Waals surface area (Å²) in [5, 5.41) is 8.46. The van der Waals surface area contributed by atoms with Gasteiger partial charge in [-0.25, -0.2) is 12.8 Å². The number of nitrogens with zero attached hydrogens (tertiary/aromatic N) is 3. The summed E-state index contributed by atoms with van der Waals surface area (Å²) in [6, 6.07) is 14.8. The largest absolute Gasteiger partial charge is 0.416 e. The van der Waals surface area contributed by atoms with Gasteiger partial charge in [0.1, 0.15) is 5.82 Å². The molecule has 0 radical (unpaired) electrons. The Kier molecular flexibility index (Phi) is 6.11. The third-order valence-electron chi connectivity index (χ3n) is 5.86. The average Bonchev–Trinajstić information content (AvgIpc) is 3.31. The van der Waals surface area contributed by atoms with Crippen LogP contribution in [0.5, 0.6) is 0 Å². The van der Waals surface area contributed by atoms with Crippen molar-refractivity contribution < 1.29 is 22.0 Å². The van der Waals surface area contributed by atoms with Gasteiger partial charge in [0.15, 0.2) is 9.84 Å². The fourth-order valence-corrected chi connectivity index (χ4v) is 5.66. The first-order valence-corrected chi connectivity index (χ1v) is 12.9. The lowest BCUT2D eigenvalue weighted by Gasteiger charge is -2.24. The Labute approximate surface area is 211 Å². The van der Waals surface area contributed by atoms with Crippen LogP contribution in [0.4, 0.5) is 10.1 Å². The van der Waals surface area contributed by atoms with Gasteiger partial charge in [0.2, 0.25) is 11.8 Å². The van der Waals surface area contributed by atoms with Crippen molar-refractivity contribution in [2.45, 2.75) is 24.4 Å². The molecule has 1 aromatic heterocycles. The number of rotatable bonds is 4. The first kappa shape index (κ1) is 24.1. The van der Waals surface area contributed by atoms with E-state index in [9.17, 15) is 13.2 Å². The van der Waals surface area contributed by atoms with Gasteiger partial charge in [0.05, 0.1) is 34.5 Å². The van der Waals surface area contributed by atoms with Crippen LogP contribution >= 0.6 is 11.6 Å². The molecule has 0 fully saturated rings. The number of aryl methyl sites for hydroxylation is 1. The van der Waals surface area contributed by atoms with Gasteiger partial charge in [0.25, 0.3) is 5.89 Å². The summed E-state index contributed by atoms with van der Waals surface area (Å²) in [6.45, 7) is 1.93. The van der Waals surface area contributed by atoms with Crippen LogP contribution in [0, 0.1) is 12.7 Å². The van der Waals surface area contributed by atoms with Crippen molar-refractivity contribution in [1.29, 1.82) is 0 Å². The molecule has 1 amide bonds.